The van der Waals surface area contributed by atoms with Crippen LogP contribution in [-0.4, -0.2) is 24.6 Å². The van der Waals surface area contributed by atoms with Gasteiger partial charge in [0, 0.05) is 18.8 Å². The molecule has 2 aliphatic rings. The third-order valence-corrected chi connectivity index (χ3v) is 4.92. The molecule has 0 aromatic heterocycles. The summed E-state index contributed by atoms with van der Waals surface area (Å²) in [6.07, 6.45) is -3.36. The standard InChI is InChI=1S/C20H19F3N2O2/c1-19(2)18(26)25(15-6-3-5-14(12-15)24-9-4-10-24)16-8-7-13(20(21,22)23)11-17(16)27-19/h3,5-8,11-12H,4,9-10H2,1-2H3. The van der Waals surface area contributed by atoms with Crippen molar-refractivity contribution in [3.63, 3.8) is 0 Å². The van der Waals surface area contributed by atoms with Gasteiger partial charge in [-0.1, -0.05) is 6.07 Å². The average Bonchev–Trinajstić information content (AvgIpc) is 2.53. The summed E-state index contributed by atoms with van der Waals surface area (Å²) in [5, 5.41) is 0. The zero-order valence-electron chi connectivity index (χ0n) is 15.0. The van der Waals surface area contributed by atoms with Gasteiger partial charge in [0.05, 0.1) is 16.9 Å². The molecule has 2 aromatic carbocycles. The van der Waals surface area contributed by atoms with Crippen molar-refractivity contribution in [3.8, 4) is 5.75 Å². The minimum absolute atomic E-state index is 0.0452. The van der Waals surface area contributed by atoms with Crippen LogP contribution < -0.4 is 14.5 Å². The van der Waals surface area contributed by atoms with E-state index < -0.39 is 17.3 Å². The number of hydrogen-bond acceptors (Lipinski definition) is 3. The Morgan fingerprint density at radius 1 is 1.04 bits per heavy atom. The molecule has 2 aliphatic heterocycles. The van der Waals surface area contributed by atoms with Crippen LogP contribution in [0.2, 0.25) is 0 Å². The molecule has 0 aliphatic carbocycles. The molecule has 0 spiro atoms. The second-order valence-corrected chi connectivity index (χ2v) is 7.29. The van der Waals surface area contributed by atoms with Crippen molar-refractivity contribution in [2.75, 3.05) is 22.9 Å². The van der Waals surface area contributed by atoms with Crippen molar-refractivity contribution < 1.29 is 22.7 Å². The summed E-state index contributed by atoms with van der Waals surface area (Å²) >= 11 is 0. The number of nitrogens with zero attached hydrogens (tertiary/aromatic N) is 2. The van der Waals surface area contributed by atoms with Crippen LogP contribution in [0.1, 0.15) is 25.8 Å². The Morgan fingerprint density at radius 3 is 2.37 bits per heavy atom. The van der Waals surface area contributed by atoms with Crippen LogP contribution in [0.4, 0.5) is 30.2 Å². The molecule has 0 unspecified atom stereocenters. The molecule has 2 aromatic rings. The number of fused-ring (bicyclic) bond motifs is 1. The molecular weight excluding hydrogens is 357 g/mol. The highest BCUT2D eigenvalue weighted by Gasteiger charge is 2.43. The lowest BCUT2D eigenvalue weighted by molar-refractivity contribution is -0.137. The van der Waals surface area contributed by atoms with E-state index in [1.165, 1.54) is 11.0 Å². The van der Waals surface area contributed by atoms with Gasteiger partial charge in [-0.3, -0.25) is 9.69 Å². The Bertz CT molecular complexity index is 904. The third-order valence-electron chi connectivity index (χ3n) is 4.92. The first-order chi connectivity index (χ1) is 12.7. The largest absolute Gasteiger partial charge is 0.476 e. The Kier molecular flexibility index (Phi) is 3.87. The van der Waals surface area contributed by atoms with Gasteiger partial charge in [-0.05, 0) is 56.7 Å². The summed E-state index contributed by atoms with van der Waals surface area (Å²) in [6, 6.07) is 10.7. The van der Waals surface area contributed by atoms with Gasteiger partial charge in [0.2, 0.25) is 0 Å². The molecular formula is C20H19F3N2O2. The zero-order chi connectivity index (χ0) is 19.4. The molecule has 1 amide bonds. The van der Waals surface area contributed by atoms with Gasteiger partial charge < -0.3 is 9.64 Å². The highest BCUT2D eigenvalue weighted by atomic mass is 19.4. The van der Waals surface area contributed by atoms with Crippen LogP contribution in [0.3, 0.4) is 0 Å². The van der Waals surface area contributed by atoms with Crippen LogP contribution in [0.25, 0.3) is 0 Å². The van der Waals surface area contributed by atoms with Gasteiger partial charge in [-0.25, -0.2) is 0 Å². The molecule has 142 valence electrons. The van der Waals surface area contributed by atoms with Crippen molar-refractivity contribution in [3.05, 3.63) is 48.0 Å². The number of rotatable bonds is 2. The fraction of sp³-hybridized carbons (Fsp3) is 0.350. The Balaban J connectivity index is 1.82. The molecule has 0 saturated carbocycles. The minimum Gasteiger partial charge on any atom is -0.476 e. The van der Waals surface area contributed by atoms with Crippen molar-refractivity contribution in [2.45, 2.75) is 32.0 Å². The van der Waals surface area contributed by atoms with E-state index >= 15 is 0 Å². The number of ether oxygens (including phenoxy) is 1. The summed E-state index contributed by atoms with van der Waals surface area (Å²) in [7, 11) is 0. The van der Waals surface area contributed by atoms with Gasteiger partial charge in [-0.2, -0.15) is 13.2 Å². The Morgan fingerprint density at radius 2 is 1.74 bits per heavy atom. The number of amides is 1. The van der Waals surface area contributed by atoms with Gasteiger partial charge in [0.15, 0.2) is 5.60 Å². The van der Waals surface area contributed by atoms with Crippen LogP contribution in [0, 0.1) is 0 Å². The third kappa shape index (κ3) is 3.01. The summed E-state index contributed by atoms with van der Waals surface area (Å²) in [6.45, 7) is 5.03. The number of carbonyl (C=O) groups is 1. The molecule has 7 heteroatoms. The number of anilines is 3. The number of hydrogen-bond donors (Lipinski definition) is 0. The van der Waals surface area contributed by atoms with Crippen molar-refractivity contribution in [1.82, 2.24) is 0 Å². The summed E-state index contributed by atoms with van der Waals surface area (Å²) in [5.41, 5.74) is -0.163. The van der Waals surface area contributed by atoms with Gasteiger partial charge in [-0.15, -0.1) is 0 Å². The SMILES string of the molecule is CC1(C)Oc2cc(C(F)(F)F)ccc2N(c2cccc(N3CCC3)c2)C1=O. The first kappa shape index (κ1) is 17.7. The van der Waals surface area contributed by atoms with Gasteiger partial charge in [0.1, 0.15) is 5.75 Å². The molecule has 0 bridgehead atoms. The lowest BCUT2D eigenvalue weighted by Gasteiger charge is -2.39. The van der Waals surface area contributed by atoms with E-state index in [1.807, 2.05) is 18.2 Å². The Labute approximate surface area is 155 Å². The normalized spacial score (nSPS) is 18.6. The molecule has 0 atom stereocenters. The monoisotopic (exact) mass is 376 g/mol. The molecule has 4 nitrogen and oxygen atoms in total. The van der Waals surface area contributed by atoms with E-state index in [1.54, 1.807) is 19.9 Å². The average molecular weight is 376 g/mol. The van der Waals surface area contributed by atoms with E-state index in [-0.39, 0.29) is 11.7 Å². The smallest absolute Gasteiger partial charge is 0.416 e. The molecule has 0 radical (unpaired) electrons. The second-order valence-electron chi connectivity index (χ2n) is 7.29. The van der Waals surface area contributed by atoms with Crippen molar-refractivity contribution in [1.29, 1.82) is 0 Å². The van der Waals surface area contributed by atoms with E-state index in [4.69, 9.17) is 4.74 Å². The lowest BCUT2D eigenvalue weighted by atomic mass is 10.0. The summed E-state index contributed by atoms with van der Waals surface area (Å²) in [4.78, 5) is 16.7. The number of carbonyl (C=O) groups excluding carboxylic acids is 1. The maximum Gasteiger partial charge on any atom is 0.416 e. The van der Waals surface area contributed by atoms with Crippen molar-refractivity contribution >= 4 is 23.0 Å². The Hall–Kier alpha value is -2.70. The van der Waals surface area contributed by atoms with Crippen LogP contribution in [0.5, 0.6) is 5.75 Å². The van der Waals surface area contributed by atoms with Crippen molar-refractivity contribution in [2.24, 2.45) is 0 Å². The van der Waals surface area contributed by atoms with Crippen LogP contribution in [-0.2, 0) is 11.0 Å². The van der Waals surface area contributed by atoms with E-state index in [2.05, 4.69) is 4.90 Å². The fourth-order valence-electron chi connectivity index (χ4n) is 3.31. The number of alkyl halides is 3. The first-order valence-corrected chi connectivity index (χ1v) is 8.77. The molecule has 1 saturated heterocycles. The quantitative estimate of drug-likeness (QED) is 0.758. The predicted molar refractivity (Wildman–Crippen MR) is 96.6 cm³/mol. The molecule has 2 heterocycles. The highest BCUT2D eigenvalue weighted by molar-refractivity contribution is 6.08. The van der Waals surface area contributed by atoms with Gasteiger partial charge in [0.25, 0.3) is 5.91 Å². The van der Waals surface area contributed by atoms with Crippen LogP contribution in [0.15, 0.2) is 42.5 Å². The summed E-state index contributed by atoms with van der Waals surface area (Å²) < 4.78 is 44.9. The maximum absolute atomic E-state index is 13.1. The molecule has 4 rings (SSSR count). The molecule has 27 heavy (non-hydrogen) atoms. The highest BCUT2D eigenvalue weighted by Crippen LogP contribution is 2.45. The number of halogens is 3. The van der Waals surface area contributed by atoms with Gasteiger partial charge >= 0.3 is 6.18 Å². The molecule has 1 fully saturated rings. The topological polar surface area (TPSA) is 32.8 Å². The summed E-state index contributed by atoms with van der Waals surface area (Å²) in [5.74, 6) is -0.278. The van der Waals surface area contributed by atoms with Crippen LogP contribution >= 0.6 is 0 Å². The van der Waals surface area contributed by atoms with E-state index in [0.717, 1.165) is 37.3 Å². The zero-order valence-corrected chi connectivity index (χ0v) is 15.0. The van der Waals surface area contributed by atoms with E-state index in [0.29, 0.717) is 11.4 Å². The first-order valence-electron chi connectivity index (χ1n) is 8.77. The molecule has 0 N–H and O–H groups in total. The predicted octanol–water partition coefficient (Wildman–Crippen LogP) is 4.75. The fourth-order valence-corrected chi connectivity index (χ4v) is 3.31. The van der Waals surface area contributed by atoms with E-state index in [9.17, 15) is 18.0 Å². The lowest BCUT2D eigenvalue weighted by Crippen LogP contribution is -2.50. The maximum atomic E-state index is 13.1. The second kappa shape index (κ2) is 5.90. The minimum atomic E-state index is -4.48. The number of benzene rings is 2.